The number of nitrogens with two attached hydrogens (primary N) is 1. The SMILES string of the molecule is Nc1ccccc1N(Cc1ccccc1)c1ccc(-c2ccc3cc(-c4cc5c6ccccc6oc5c5c4oc4ccccc45)ccc3c2)cc1. The molecule has 0 aliphatic rings. The van der Waals surface area contributed by atoms with Crippen LogP contribution in [0, 0.1) is 0 Å². The van der Waals surface area contributed by atoms with Gasteiger partial charge in [-0.25, -0.2) is 0 Å². The van der Waals surface area contributed by atoms with Gasteiger partial charge in [0, 0.05) is 34.0 Å². The number of hydrogen-bond acceptors (Lipinski definition) is 4. The quantitative estimate of drug-likeness (QED) is 0.181. The molecule has 4 nitrogen and oxygen atoms in total. The second-order valence-electron chi connectivity index (χ2n) is 13.2. The van der Waals surface area contributed by atoms with Crippen molar-refractivity contribution in [2.45, 2.75) is 6.54 Å². The fourth-order valence-corrected chi connectivity index (χ4v) is 7.52. The maximum absolute atomic E-state index is 6.56. The zero-order valence-electron chi connectivity index (χ0n) is 27.7. The molecule has 0 aliphatic carbocycles. The van der Waals surface area contributed by atoms with E-state index in [1.54, 1.807) is 0 Å². The third kappa shape index (κ3) is 4.92. The molecule has 242 valence electrons. The average molecular weight is 657 g/mol. The molecule has 0 unspecified atom stereocenters. The number of rotatable bonds is 6. The normalized spacial score (nSPS) is 11.7. The molecule has 0 saturated carbocycles. The summed E-state index contributed by atoms with van der Waals surface area (Å²) in [5, 5.41) is 6.63. The average Bonchev–Trinajstić information content (AvgIpc) is 3.76. The van der Waals surface area contributed by atoms with Gasteiger partial charge in [-0.3, -0.25) is 0 Å². The Bertz CT molecular complexity index is 2900. The van der Waals surface area contributed by atoms with Gasteiger partial charge in [-0.15, -0.1) is 0 Å². The van der Waals surface area contributed by atoms with Crippen LogP contribution in [-0.2, 0) is 6.54 Å². The number of nitrogens with zero attached hydrogens (tertiary/aromatic N) is 1. The van der Waals surface area contributed by atoms with Gasteiger partial charge in [0.25, 0.3) is 0 Å². The van der Waals surface area contributed by atoms with E-state index in [1.165, 1.54) is 21.9 Å². The lowest BCUT2D eigenvalue weighted by molar-refractivity contribution is 0.663. The molecule has 2 N–H and O–H groups in total. The van der Waals surface area contributed by atoms with Gasteiger partial charge < -0.3 is 19.5 Å². The monoisotopic (exact) mass is 656 g/mol. The predicted molar refractivity (Wildman–Crippen MR) is 213 cm³/mol. The molecule has 0 radical (unpaired) electrons. The number of hydrogen-bond donors (Lipinski definition) is 1. The molecule has 0 aliphatic heterocycles. The highest BCUT2D eigenvalue weighted by Crippen LogP contribution is 2.44. The topological polar surface area (TPSA) is 55.5 Å². The van der Waals surface area contributed by atoms with Crippen molar-refractivity contribution in [2.24, 2.45) is 0 Å². The molecular formula is C47H32N2O2. The summed E-state index contributed by atoms with van der Waals surface area (Å²) in [7, 11) is 0. The van der Waals surface area contributed by atoms with Gasteiger partial charge in [-0.05, 0) is 87.6 Å². The van der Waals surface area contributed by atoms with Crippen molar-refractivity contribution >= 4 is 71.7 Å². The largest absolute Gasteiger partial charge is 0.455 e. The van der Waals surface area contributed by atoms with Crippen LogP contribution in [0.25, 0.3) is 76.9 Å². The van der Waals surface area contributed by atoms with Crippen molar-refractivity contribution in [1.29, 1.82) is 0 Å². The lowest BCUT2D eigenvalue weighted by atomic mass is 9.95. The molecule has 0 atom stereocenters. The minimum Gasteiger partial charge on any atom is -0.455 e. The molecule has 10 aromatic rings. The van der Waals surface area contributed by atoms with Crippen molar-refractivity contribution in [1.82, 2.24) is 0 Å². The van der Waals surface area contributed by atoms with Gasteiger partial charge in [0.15, 0.2) is 0 Å². The molecule has 51 heavy (non-hydrogen) atoms. The second-order valence-corrected chi connectivity index (χ2v) is 13.2. The summed E-state index contributed by atoms with van der Waals surface area (Å²) in [6, 6.07) is 59.4. The van der Waals surface area contributed by atoms with Gasteiger partial charge >= 0.3 is 0 Å². The van der Waals surface area contributed by atoms with Crippen LogP contribution >= 0.6 is 0 Å². The van der Waals surface area contributed by atoms with E-state index in [-0.39, 0.29) is 0 Å². The Balaban J connectivity index is 1.03. The summed E-state index contributed by atoms with van der Waals surface area (Å²) in [6.07, 6.45) is 0. The second kappa shape index (κ2) is 11.7. The maximum Gasteiger partial charge on any atom is 0.147 e. The fourth-order valence-electron chi connectivity index (χ4n) is 7.52. The summed E-state index contributed by atoms with van der Waals surface area (Å²) in [5.41, 5.74) is 18.5. The van der Waals surface area contributed by atoms with Crippen molar-refractivity contribution in [3.63, 3.8) is 0 Å². The first-order valence-corrected chi connectivity index (χ1v) is 17.2. The Morgan fingerprint density at radius 1 is 0.471 bits per heavy atom. The zero-order chi connectivity index (χ0) is 33.9. The summed E-state index contributed by atoms with van der Waals surface area (Å²) < 4.78 is 13.0. The summed E-state index contributed by atoms with van der Waals surface area (Å²) in [4.78, 5) is 2.28. The minimum atomic E-state index is 0.719. The first kappa shape index (κ1) is 29.2. The highest BCUT2D eigenvalue weighted by atomic mass is 16.3. The lowest BCUT2D eigenvalue weighted by Gasteiger charge is -2.27. The first-order valence-electron chi connectivity index (χ1n) is 17.2. The van der Waals surface area contributed by atoms with Gasteiger partial charge in [0.1, 0.15) is 22.3 Å². The van der Waals surface area contributed by atoms with E-state index in [0.717, 1.165) is 84.2 Å². The molecule has 4 heteroatoms. The molecule has 0 bridgehead atoms. The smallest absolute Gasteiger partial charge is 0.147 e. The van der Waals surface area contributed by atoms with Crippen LogP contribution in [-0.4, -0.2) is 0 Å². The number of benzene rings is 8. The molecule has 0 fully saturated rings. The first-order chi connectivity index (χ1) is 25.2. The van der Waals surface area contributed by atoms with Gasteiger partial charge in [0.2, 0.25) is 0 Å². The van der Waals surface area contributed by atoms with E-state index in [2.05, 4.69) is 126 Å². The van der Waals surface area contributed by atoms with E-state index in [9.17, 15) is 0 Å². The Morgan fingerprint density at radius 2 is 1.08 bits per heavy atom. The summed E-state index contributed by atoms with van der Waals surface area (Å²) in [5.74, 6) is 0. The number of anilines is 3. The molecule has 10 rings (SSSR count). The van der Waals surface area contributed by atoms with E-state index in [4.69, 9.17) is 14.6 Å². The third-order valence-electron chi connectivity index (χ3n) is 10.1. The van der Waals surface area contributed by atoms with Crippen LogP contribution < -0.4 is 10.6 Å². The number of furan rings is 2. The van der Waals surface area contributed by atoms with E-state index in [1.807, 2.05) is 48.5 Å². The number of nitrogen functional groups attached to an aromatic ring is 1. The Hall–Kier alpha value is -6.78. The standard InChI is InChI=1S/C47H32N2O2/c48-41-14-6-7-15-42(41)49(29-30-10-2-1-3-11-30)36-24-22-31(23-25-36)32-18-19-34-27-35(21-20-33(34)26-32)39-28-40-37-12-4-8-16-43(37)50-47(40)45-38-13-5-9-17-44(38)51-46(39)45/h1-28H,29,48H2. The van der Waals surface area contributed by atoms with Crippen LogP contribution in [0.3, 0.4) is 0 Å². The molecule has 0 spiro atoms. The van der Waals surface area contributed by atoms with E-state index in [0.29, 0.717) is 0 Å². The van der Waals surface area contributed by atoms with E-state index < -0.39 is 0 Å². The Morgan fingerprint density at radius 3 is 1.86 bits per heavy atom. The van der Waals surface area contributed by atoms with Gasteiger partial charge in [-0.2, -0.15) is 0 Å². The molecule has 0 amide bonds. The van der Waals surface area contributed by atoms with Crippen LogP contribution in [0.1, 0.15) is 5.56 Å². The Labute approximate surface area is 294 Å². The molecule has 8 aromatic carbocycles. The number of para-hydroxylation sites is 4. The highest BCUT2D eigenvalue weighted by Gasteiger charge is 2.21. The highest BCUT2D eigenvalue weighted by molar-refractivity contribution is 6.25. The van der Waals surface area contributed by atoms with Crippen LogP contribution in [0.5, 0.6) is 0 Å². The maximum atomic E-state index is 6.56. The van der Waals surface area contributed by atoms with Crippen LogP contribution in [0.2, 0.25) is 0 Å². The predicted octanol–water partition coefficient (Wildman–Crippen LogP) is 12.9. The number of fused-ring (bicyclic) bond motifs is 8. The summed E-state index contributed by atoms with van der Waals surface area (Å²) in [6.45, 7) is 0.719. The third-order valence-corrected chi connectivity index (χ3v) is 10.1. The van der Waals surface area contributed by atoms with Crippen LogP contribution in [0.4, 0.5) is 17.1 Å². The van der Waals surface area contributed by atoms with Crippen molar-refractivity contribution in [3.8, 4) is 22.3 Å². The van der Waals surface area contributed by atoms with Crippen LogP contribution in [0.15, 0.2) is 179 Å². The zero-order valence-corrected chi connectivity index (χ0v) is 27.7. The Kier molecular flexibility index (Phi) is 6.68. The van der Waals surface area contributed by atoms with Gasteiger partial charge in [-0.1, -0.05) is 115 Å². The summed E-state index contributed by atoms with van der Waals surface area (Å²) >= 11 is 0. The van der Waals surface area contributed by atoms with Crippen molar-refractivity contribution < 1.29 is 8.83 Å². The minimum absolute atomic E-state index is 0.719. The molecule has 2 aromatic heterocycles. The molecule has 2 heterocycles. The fraction of sp³-hybridized carbons (Fsp3) is 0.0213. The lowest BCUT2D eigenvalue weighted by Crippen LogP contribution is -2.17. The van der Waals surface area contributed by atoms with Crippen molar-refractivity contribution in [3.05, 3.63) is 175 Å². The van der Waals surface area contributed by atoms with Crippen molar-refractivity contribution in [2.75, 3.05) is 10.6 Å². The van der Waals surface area contributed by atoms with Gasteiger partial charge in [0.05, 0.1) is 16.8 Å². The van der Waals surface area contributed by atoms with E-state index >= 15 is 0 Å². The molecular weight excluding hydrogens is 625 g/mol. The molecule has 0 saturated heterocycles.